The average Bonchev–Trinajstić information content (AvgIpc) is 2.87. The van der Waals surface area contributed by atoms with E-state index in [0.717, 1.165) is 26.1 Å². The molecule has 1 N–H and O–H groups in total. The van der Waals surface area contributed by atoms with Crippen molar-refractivity contribution in [2.75, 3.05) is 19.6 Å². The summed E-state index contributed by atoms with van der Waals surface area (Å²) in [6.45, 7) is 6.77. The van der Waals surface area contributed by atoms with Gasteiger partial charge in [-0.3, -0.25) is 4.90 Å². The summed E-state index contributed by atoms with van der Waals surface area (Å²) >= 11 is 0. The quantitative estimate of drug-likeness (QED) is 0.888. The molecule has 1 aromatic rings. The Morgan fingerprint density at radius 1 is 1.44 bits per heavy atom. The molecule has 0 aromatic heterocycles. The summed E-state index contributed by atoms with van der Waals surface area (Å²) in [7, 11) is 0. The maximum Gasteiger partial charge on any atom is 0.128 e. The topological polar surface area (TPSA) is 15.3 Å². The third-order valence-corrected chi connectivity index (χ3v) is 3.77. The fourth-order valence-electron chi connectivity index (χ4n) is 2.78. The van der Waals surface area contributed by atoms with E-state index >= 15 is 0 Å². The summed E-state index contributed by atoms with van der Waals surface area (Å²) in [4.78, 5) is 2.23. The van der Waals surface area contributed by atoms with Crippen molar-refractivity contribution in [3.63, 3.8) is 0 Å². The highest BCUT2D eigenvalue weighted by molar-refractivity contribution is 5.22. The maximum atomic E-state index is 13.8. The molecule has 1 aliphatic heterocycles. The predicted octanol–water partition coefficient (Wildman–Crippen LogP) is 2.71. The number of rotatable bonds is 4. The molecule has 0 bridgehead atoms. The van der Waals surface area contributed by atoms with E-state index in [2.05, 4.69) is 17.1 Å². The second kappa shape index (κ2) is 5.76. The Bertz CT molecular complexity index is 403. The summed E-state index contributed by atoms with van der Waals surface area (Å²) in [5, 5.41) is 3.31. The third-order valence-electron chi connectivity index (χ3n) is 3.77. The number of hydrogen-bond donors (Lipinski definition) is 1. The van der Waals surface area contributed by atoms with Gasteiger partial charge in [-0.1, -0.05) is 6.92 Å². The standard InChI is InChI=1S/C14H20F2N2/c1-3-18(12-6-7-17-9-12)10(2)13-8-11(15)4-5-14(13)16/h4-5,8,10,12,17H,3,6-7,9H2,1-2H3. The van der Waals surface area contributed by atoms with Crippen LogP contribution >= 0.6 is 0 Å². The molecular weight excluding hydrogens is 234 g/mol. The first kappa shape index (κ1) is 13.4. The van der Waals surface area contributed by atoms with Gasteiger partial charge in [0.2, 0.25) is 0 Å². The van der Waals surface area contributed by atoms with Crippen molar-refractivity contribution in [3.8, 4) is 0 Å². The highest BCUT2D eigenvalue weighted by Gasteiger charge is 2.27. The van der Waals surface area contributed by atoms with Crippen molar-refractivity contribution in [3.05, 3.63) is 35.4 Å². The first-order valence-corrected chi connectivity index (χ1v) is 6.55. The van der Waals surface area contributed by atoms with Gasteiger partial charge >= 0.3 is 0 Å². The van der Waals surface area contributed by atoms with Gasteiger partial charge in [0.05, 0.1) is 0 Å². The zero-order chi connectivity index (χ0) is 13.1. The highest BCUT2D eigenvalue weighted by atomic mass is 19.1. The zero-order valence-electron chi connectivity index (χ0n) is 10.9. The van der Waals surface area contributed by atoms with Gasteiger partial charge in [-0.25, -0.2) is 8.78 Å². The smallest absolute Gasteiger partial charge is 0.128 e. The van der Waals surface area contributed by atoms with E-state index in [-0.39, 0.29) is 17.7 Å². The van der Waals surface area contributed by atoms with Crippen molar-refractivity contribution >= 4 is 0 Å². The van der Waals surface area contributed by atoms with Gasteiger partial charge < -0.3 is 5.32 Å². The molecule has 1 fully saturated rings. The molecule has 2 unspecified atom stereocenters. The molecule has 1 aliphatic rings. The molecule has 0 radical (unpaired) electrons. The van der Waals surface area contributed by atoms with Crippen LogP contribution in [0.1, 0.15) is 31.9 Å². The monoisotopic (exact) mass is 254 g/mol. The molecule has 1 heterocycles. The number of nitrogens with zero attached hydrogens (tertiary/aromatic N) is 1. The van der Waals surface area contributed by atoms with Crippen LogP contribution in [-0.2, 0) is 0 Å². The number of nitrogens with one attached hydrogen (secondary N) is 1. The number of likely N-dealkylation sites (N-methyl/N-ethyl adjacent to an activating group) is 1. The van der Waals surface area contributed by atoms with Gasteiger partial charge in [-0.2, -0.15) is 0 Å². The minimum Gasteiger partial charge on any atom is -0.315 e. The van der Waals surface area contributed by atoms with E-state index in [0.29, 0.717) is 11.6 Å². The molecule has 1 aromatic carbocycles. The van der Waals surface area contributed by atoms with Gasteiger partial charge in [0.1, 0.15) is 11.6 Å². The fourth-order valence-corrected chi connectivity index (χ4v) is 2.78. The molecule has 18 heavy (non-hydrogen) atoms. The maximum absolute atomic E-state index is 13.8. The van der Waals surface area contributed by atoms with Crippen LogP contribution in [0.15, 0.2) is 18.2 Å². The van der Waals surface area contributed by atoms with Crippen molar-refractivity contribution in [1.82, 2.24) is 10.2 Å². The minimum atomic E-state index is -0.376. The summed E-state index contributed by atoms with van der Waals surface area (Å²) in [5.41, 5.74) is 0.448. The SMILES string of the molecule is CCN(C1CCNC1)C(C)c1cc(F)ccc1F. The van der Waals surface area contributed by atoms with Gasteiger partial charge in [-0.05, 0) is 44.6 Å². The van der Waals surface area contributed by atoms with Crippen LogP contribution in [0.25, 0.3) is 0 Å². The van der Waals surface area contributed by atoms with Crippen molar-refractivity contribution in [1.29, 1.82) is 0 Å². The Kier molecular flexibility index (Phi) is 4.30. The molecule has 100 valence electrons. The van der Waals surface area contributed by atoms with Crippen LogP contribution in [-0.4, -0.2) is 30.6 Å². The highest BCUT2D eigenvalue weighted by Crippen LogP contribution is 2.27. The molecule has 1 saturated heterocycles. The summed E-state index contributed by atoms with van der Waals surface area (Å²) in [6.07, 6.45) is 1.06. The van der Waals surface area contributed by atoms with Crippen molar-refractivity contribution in [2.24, 2.45) is 0 Å². The van der Waals surface area contributed by atoms with E-state index in [1.165, 1.54) is 18.2 Å². The second-order valence-electron chi connectivity index (χ2n) is 4.82. The lowest BCUT2D eigenvalue weighted by molar-refractivity contribution is 0.159. The van der Waals surface area contributed by atoms with Crippen LogP contribution in [0.2, 0.25) is 0 Å². The minimum absolute atomic E-state index is 0.101. The average molecular weight is 254 g/mol. The second-order valence-corrected chi connectivity index (χ2v) is 4.82. The molecule has 0 saturated carbocycles. The normalized spacial score (nSPS) is 21.5. The summed E-state index contributed by atoms with van der Waals surface area (Å²) in [5.74, 6) is -0.702. The van der Waals surface area contributed by atoms with E-state index in [1.54, 1.807) is 0 Å². The Morgan fingerprint density at radius 3 is 2.83 bits per heavy atom. The van der Waals surface area contributed by atoms with Gasteiger partial charge in [0.25, 0.3) is 0 Å². The number of hydrogen-bond acceptors (Lipinski definition) is 2. The molecule has 2 nitrogen and oxygen atoms in total. The molecule has 2 rings (SSSR count). The molecule has 0 spiro atoms. The van der Waals surface area contributed by atoms with Crippen molar-refractivity contribution < 1.29 is 8.78 Å². The first-order chi connectivity index (χ1) is 8.63. The first-order valence-electron chi connectivity index (χ1n) is 6.55. The van der Waals surface area contributed by atoms with Crippen LogP contribution < -0.4 is 5.32 Å². The Hall–Kier alpha value is -1.00. The van der Waals surface area contributed by atoms with E-state index in [1.807, 2.05) is 6.92 Å². The predicted molar refractivity (Wildman–Crippen MR) is 68.4 cm³/mol. The van der Waals surface area contributed by atoms with Crippen LogP contribution in [0.5, 0.6) is 0 Å². The largest absolute Gasteiger partial charge is 0.315 e. The van der Waals surface area contributed by atoms with Gasteiger partial charge in [-0.15, -0.1) is 0 Å². The molecular formula is C14H20F2N2. The number of benzene rings is 1. The van der Waals surface area contributed by atoms with Gasteiger partial charge in [0.15, 0.2) is 0 Å². The lowest BCUT2D eigenvalue weighted by atomic mass is 10.0. The third kappa shape index (κ3) is 2.70. The fraction of sp³-hybridized carbons (Fsp3) is 0.571. The Labute approximate surface area is 107 Å². The molecule has 0 amide bonds. The lowest BCUT2D eigenvalue weighted by Crippen LogP contribution is -2.38. The number of halogens is 2. The Morgan fingerprint density at radius 2 is 2.22 bits per heavy atom. The van der Waals surface area contributed by atoms with E-state index < -0.39 is 0 Å². The lowest BCUT2D eigenvalue weighted by Gasteiger charge is -2.33. The summed E-state index contributed by atoms with van der Waals surface area (Å²) < 4.78 is 27.0. The van der Waals surface area contributed by atoms with Crippen LogP contribution in [0.4, 0.5) is 8.78 Å². The molecule has 0 aliphatic carbocycles. The van der Waals surface area contributed by atoms with Gasteiger partial charge in [0, 0.05) is 24.2 Å². The van der Waals surface area contributed by atoms with Crippen molar-refractivity contribution in [2.45, 2.75) is 32.4 Å². The van der Waals surface area contributed by atoms with Crippen LogP contribution in [0.3, 0.4) is 0 Å². The van der Waals surface area contributed by atoms with E-state index in [4.69, 9.17) is 0 Å². The molecule has 2 atom stereocenters. The zero-order valence-corrected chi connectivity index (χ0v) is 10.9. The van der Waals surface area contributed by atoms with Crippen LogP contribution in [0, 0.1) is 11.6 Å². The molecule has 4 heteroatoms. The Balaban J connectivity index is 2.21. The van der Waals surface area contributed by atoms with E-state index in [9.17, 15) is 8.78 Å². The summed E-state index contributed by atoms with van der Waals surface area (Å²) in [6, 6.07) is 3.99.